The van der Waals surface area contributed by atoms with Crippen molar-refractivity contribution in [2.45, 2.75) is 24.7 Å². The van der Waals surface area contributed by atoms with Gasteiger partial charge >= 0.3 is 0 Å². The van der Waals surface area contributed by atoms with E-state index in [2.05, 4.69) is 42.5 Å². The predicted molar refractivity (Wildman–Crippen MR) is 362 cm³/mol. The molecule has 27 nitrogen and oxygen atoms in total. The van der Waals surface area contributed by atoms with Gasteiger partial charge in [-0.1, -0.05) is 0 Å². The average molecular weight is 2130 g/mol. The highest BCUT2D eigenvalue weighted by atomic mass is 127. The van der Waals surface area contributed by atoms with Crippen molar-refractivity contribution in [2.75, 3.05) is 101 Å². The number of nitrogens with one attached hydrogen (secondary N) is 8. The molecule has 0 saturated carbocycles. The molecule has 36 heteroatoms. The molecule has 3 aromatic rings. The first kappa shape index (κ1) is 73.4. The fraction of sp³-hybridized carbons (Fsp3) is 0.386. The lowest BCUT2D eigenvalue weighted by atomic mass is 10.1. The number of halogens is 9. The number of benzene rings is 3. The molecule has 3 aromatic carbocycles. The number of aliphatic hydroxyl groups excluding tert-OH is 9. The minimum atomic E-state index is -1.36. The summed E-state index contributed by atoms with van der Waals surface area (Å²) < 4.78 is 1.13. The van der Waals surface area contributed by atoms with Gasteiger partial charge in [-0.25, -0.2) is 0 Å². The molecule has 0 spiro atoms. The zero-order valence-electron chi connectivity index (χ0n) is 40.7. The molecule has 0 aliphatic rings. The zero-order chi connectivity index (χ0) is 60.5. The van der Waals surface area contributed by atoms with Gasteiger partial charge in [0.05, 0.1) is 110 Å². The summed E-state index contributed by atoms with van der Waals surface area (Å²) in [5, 5.41) is 107. The Morgan fingerprint density at radius 1 is 0.362 bits per heavy atom. The highest BCUT2D eigenvalue weighted by Gasteiger charge is 2.34. The third-order valence-electron chi connectivity index (χ3n) is 10.5. The van der Waals surface area contributed by atoms with Crippen molar-refractivity contribution < 1.29 is 89.1 Å². The number of hydrogen-bond donors (Lipinski definition) is 17. The molecule has 0 aliphatic carbocycles. The first-order valence-electron chi connectivity index (χ1n) is 22.6. The number of nitrogens with zero attached hydrogens (tertiary/aromatic N) is 1. The molecule has 9 amide bonds. The van der Waals surface area contributed by atoms with E-state index in [0.717, 1.165) is 0 Å². The molecule has 0 saturated heterocycles. The summed E-state index contributed by atoms with van der Waals surface area (Å²) >= 11 is 15.9. The molecule has 0 aliphatic heterocycles. The van der Waals surface area contributed by atoms with Crippen LogP contribution in [-0.2, 0) is 14.4 Å². The van der Waals surface area contributed by atoms with E-state index in [1.54, 1.807) is 203 Å². The summed E-state index contributed by atoms with van der Waals surface area (Å²) in [4.78, 5) is 123. The van der Waals surface area contributed by atoms with Crippen molar-refractivity contribution in [2.24, 2.45) is 0 Å². The van der Waals surface area contributed by atoms with Crippen LogP contribution in [0, 0.1) is 32.1 Å². The summed E-state index contributed by atoms with van der Waals surface area (Å²) in [6.07, 6.45) is -4.06. The van der Waals surface area contributed by atoms with E-state index in [1.165, 1.54) is 4.90 Å². The molecule has 3 unspecified atom stereocenters. The Balaban J connectivity index is 2.19. The molecule has 80 heavy (non-hydrogen) atoms. The maximum Gasteiger partial charge on any atom is 0.256 e. The van der Waals surface area contributed by atoms with E-state index in [9.17, 15) is 84.3 Å². The van der Waals surface area contributed by atoms with Crippen molar-refractivity contribution in [1.29, 1.82) is 0 Å². The molecule has 0 aromatic heterocycles. The number of carbonyl (C=O) groups is 9. The van der Waals surface area contributed by atoms with Crippen molar-refractivity contribution in [3.8, 4) is 0 Å². The predicted octanol–water partition coefficient (Wildman–Crippen LogP) is -0.138. The van der Waals surface area contributed by atoms with Crippen LogP contribution in [0.3, 0.4) is 0 Å². The van der Waals surface area contributed by atoms with Gasteiger partial charge in [-0.15, -0.1) is 0 Å². The fourth-order valence-corrected chi connectivity index (χ4v) is 19.8. The van der Waals surface area contributed by atoms with E-state index in [1.807, 2.05) is 0 Å². The molecule has 0 bridgehead atoms. The standard InChI is InChI=1S/C44H48I9N9O18/c45-27-21(30(48)36(59-18(72)12-66)32(50)23(27)41(77)56-6-15(69)9-63)39(75)54-2-1-4-62(44(80)26-29(47)25(43(79)58-8-17(71)11-65)34(52)38(35(26)53)61-20(74)14-68)5-3-55-40(76)22-28(46)24(42(78)57-7-16(70)10-64)33(51)37(31(22)49)60-19(73)13-67/h15-17,63-71H,1-14H2,(H,54,75)(H,55,76)(H,56,77)(H,57,78)(H,58,79)(H,59,72)(H,60,73)(H,61,74). The van der Waals surface area contributed by atoms with Crippen LogP contribution in [0.15, 0.2) is 0 Å². The van der Waals surface area contributed by atoms with E-state index >= 15 is 4.79 Å². The normalized spacial score (nSPS) is 12.1. The Morgan fingerprint density at radius 2 is 0.625 bits per heavy atom. The summed E-state index contributed by atoms with van der Waals surface area (Å²) in [5.41, 5.74) is -0.728. The Bertz CT molecular complexity index is 2890. The van der Waals surface area contributed by atoms with Crippen molar-refractivity contribution in [3.63, 3.8) is 0 Å². The highest BCUT2D eigenvalue weighted by Crippen LogP contribution is 2.39. The smallest absolute Gasteiger partial charge is 0.256 e. The summed E-state index contributed by atoms with van der Waals surface area (Å²) in [7, 11) is 0. The quantitative estimate of drug-likeness (QED) is 0.0332. The van der Waals surface area contributed by atoms with Crippen LogP contribution in [0.5, 0.6) is 0 Å². The third kappa shape index (κ3) is 19.6. The van der Waals surface area contributed by atoms with Gasteiger partial charge in [0.1, 0.15) is 19.8 Å². The molecule has 440 valence electrons. The molecule has 3 atom stereocenters. The number of carbonyl (C=O) groups excluding carboxylic acids is 9. The lowest BCUT2D eigenvalue weighted by Gasteiger charge is -2.27. The minimum Gasteiger partial charge on any atom is -0.394 e. The van der Waals surface area contributed by atoms with Crippen LogP contribution in [-0.4, -0.2) is 208 Å². The van der Waals surface area contributed by atoms with Crippen molar-refractivity contribution in [3.05, 3.63) is 65.5 Å². The van der Waals surface area contributed by atoms with E-state index in [0.29, 0.717) is 0 Å². The van der Waals surface area contributed by atoms with E-state index < -0.39 is 118 Å². The Kier molecular flexibility index (Phi) is 32.7. The van der Waals surface area contributed by atoms with Gasteiger partial charge < -0.3 is 93.4 Å². The lowest BCUT2D eigenvalue weighted by Crippen LogP contribution is -2.42. The Morgan fingerprint density at radius 3 is 0.912 bits per heavy atom. The molecule has 0 radical (unpaired) electrons. The SMILES string of the molecule is O=C(CO)Nc1c(I)c(C(=O)NCCCN(CCNC(=O)c2c(I)c(NC(=O)CO)c(I)c(C(=O)NCC(O)CO)c2I)C(=O)c2c(I)c(NC(=O)CO)c(I)c(C(=O)NCC(O)CO)c2I)c(I)c(C(=O)NCC(O)CO)c1I. The molecule has 0 heterocycles. The van der Waals surface area contributed by atoms with Crippen LogP contribution in [0.2, 0.25) is 0 Å². The molecule has 17 N–H and O–H groups in total. The first-order valence-corrected chi connectivity index (χ1v) is 32.3. The van der Waals surface area contributed by atoms with Crippen LogP contribution in [0.4, 0.5) is 17.1 Å². The molecule has 3 rings (SSSR count). The second-order valence-corrected chi connectivity index (χ2v) is 25.8. The second-order valence-electron chi connectivity index (χ2n) is 16.1. The van der Waals surface area contributed by atoms with Crippen molar-refractivity contribution in [1.82, 2.24) is 31.5 Å². The lowest BCUT2D eigenvalue weighted by molar-refractivity contribution is -0.119. The number of amides is 9. The first-order chi connectivity index (χ1) is 37.7. The number of hydrogen-bond acceptors (Lipinski definition) is 18. The average Bonchev–Trinajstić information content (AvgIpc) is 3.42. The van der Waals surface area contributed by atoms with Gasteiger partial charge in [0.2, 0.25) is 17.7 Å². The Labute approximate surface area is 577 Å². The van der Waals surface area contributed by atoms with Crippen LogP contribution < -0.4 is 42.5 Å². The largest absolute Gasteiger partial charge is 0.394 e. The summed E-state index contributed by atoms with van der Waals surface area (Å²) in [6, 6.07) is 0. The van der Waals surface area contributed by atoms with Crippen LogP contribution in [0.25, 0.3) is 0 Å². The molecular weight excluding hydrogens is 2080 g/mol. The maximum absolute atomic E-state index is 15.1. The summed E-state index contributed by atoms with van der Waals surface area (Å²) in [5.74, 6) is -7.42. The van der Waals surface area contributed by atoms with Gasteiger partial charge in [-0.05, 0) is 210 Å². The van der Waals surface area contributed by atoms with E-state index in [-0.39, 0.29) is 128 Å². The third-order valence-corrected chi connectivity index (χ3v) is 20.2. The van der Waals surface area contributed by atoms with Crippen molar-refractivity contribution >= 4 is 274 Å². The molecular formula is C44H48I9N9O18. The van der Waals surface area contributed by atoms with Crippen LogP contribution in [0.1, 0.15) is 68.6 Å². The second kappa shape index (κ2) is 35.7. The van der Waals surface area contributed by atoms with Gasteiger partial charge in [0.15, 0.2) is 0 Å². The van der Waals surface area contributed by atoms with Crippen LogP contribution >= 0.6 is 203 Å². The summed E-state index contributed by atoms with van der Waals surface area (Å²) in [6.45, 7) is -7.16. The number of anilines is 3. The number of rotatable bonds is 28. The Hall–Kier alpha value is -0.900. The minimum absolute atomic E-state index is 0.00881. The highest BCUT2D eigenvalue weighted by molar-refractivity contribution is 14.1. The fourth-order valence-electron chi connectivity index (χ4n) is 6.56. The zero-order valence-corrected chi connectivity index (χ0v) is 60.1. The molecule has 0 fully saturated rings. The van der Waals surface area contributed by atoms with E-state index in [4.69, 9.17) is 0 Å². The van der Waals surface area contributed by atoms with Gasteiger partial charge in [0, 0.05) is 56.5 Å². The van der Waals surface area contributed by atoms with Gasteiger partial charge in [-0.2, -0.15) is 0 Å². The topological polar surface area (TPSA) is 435 Å². The maximum atomic E-state index is 15.1. The van der Waals surface area contributed by atoms with Gasteiger partial charge in [0.25, 0.3) is 35.4 Å². The number of aliphatic hydroxyl groups is 9. The van der Waals surface area contributed by atoms with Gasteiger partial charge in [-0.3, -0.25) is 43.2 Å². The monoisotopic (exact) mass is 2130 g/mol.